The van der Waals surface area contributed by atoms with Crippen LogP contribution in [-0.4, -0.2) is 35.5 Å². The van der Waals surface area contributed by atoms with E-state index >= 15 is 0 Å². The van der Waals surface area contributed by atoms with Crippen molar-refractivity contribution in [3.8, 4) is 11.5 Å². The van der Waals surface area contributed by atoms with Gasteiger partial charge in [-0.15, -0.1) is 0 Å². The highest BCUT2D eigenvalue weighted by Crippen LogP contribution is 2.36. The number of fused-ring (bicyclic) bond motifs is 3. The van der Waals surface area contributed by atoms with Crippen LogP contribution in [0.25, 0.3) is 0 Å². The maximum absolute atomic E-state index is 12.8. The topological polar surface area (TPSA) is 55.8 Å². The van der Waals surface area contributed by atoms with Gasteiger partial charge in [-0.3, -0.25) is 9.59 Å². The van der Waals surface area contributed by atoms with E-state index in [0.717, 1.165) is 19.3 Å². The third-order valence-corrected chi connectivity index (χ3v) is 4.64. The molecule has 0 aromatic heterocycles. The first-order valence-electron chi connectivity index (χ1n) is 7.46. The average Bonchev–Trinajstić information content (AvgIpc) is 2.93. The maximum atomic E-state index is 12.8. The maximum Gasteiger partial charge on any atom is 0.254 e. The second-order valence-electron chi connectivity index (χ2n) is 5.97. The molecule has 2 unspecified atom stereocenters. The summed E-state index contributed by atoms with van der Waals surface area (Å²) in [5.74, 6) is 1.61. The third kappa shape index (κ3) is 2.07. The lowest BCUT2D eigenvalue weighted by molar-refractivity contribution is -0.125. The van der Waals surface area contributed by atoms with Gasteiger partial charge in [-0.2, -0.15) is 0 Å². The van der Waals surface area contributed by atoms with Crippen LogP contribution in [0.3, 0.4) is 0 Å². The Bertz CT molecular complexity index is 596. The van der Waals surface area contributed by atoms with E-state index in [4.69, 9.17) is 9.47 Å². The molecule has 1 aromatic rings. The first kappa shape index (κ1) is 12.7. The normalized spacial score (nSPS) is 26.9. The lowest BCUT2D eigenvalue weighted by Crippen LogP contribution is -2.54. The molecule has 1 amide bonds. The Balaban J connectivity index is 1.63. The molecule has 0 radical (unpaired) electrons. The molecule has 110 valence electrons. The van der Waals surface area contributed by atoms with Crippen LogP contribution in [0.5, 0.6) is 11.5 Å². The van der Waals surface area contributed by atoms with E-state index in [1.54, 1.807) is 18.2 Å². The van der Waals surface area contributed by atoms with Gasteiger partial charge in [0.1, 0.15) is 5.78 Å². The van der Waals surface area contributed by atoms with Gasteiger partial charge in [0.05, 0.1) is 0 Å². The first-order valence-corrected chi connectivity index (χ1v) is 7.46. The number of ether oxygens (including phenoxy) is 2. The summed E-state index contributed by atoms with van der Waals surface area (Å²) >= 11 is 0. The average molecular weight is 287 g/mol. The molecule has 2 atom stereocenters. The quantitative estimate of drug-likeness (QED) is 0.794. The molecule has 1 aromatic carbocycles. The lowest BCUT2D eigenvalue weighted by atomic mass is 9.83. The Labute approximate surface area is 122 Å². The van der Waals surface area contributed by atoms with Gasteiger partial charge < -0.3 is 14.4 Å². The van der Waals surface area contributed by atoms with Crippen LogP contribution in [-0.2, 0) is 4.79 Å². The number of Topliss-reactive ketones (excluding diaryl/α,β-unsaturated/α-hetero) is 1. The van der Waals surface area contributed by atoms with Crippen molar-refractivity contribution < 1.29 is 19.1 Å². The summed E-state index contributed by atoms with van der Waals surface area (Å²) < 4.78 is 10.6. The van der Waals surface area contributed by atoms with Crippen molar-refractivity contribution in [3.63, 3.8) is 0 Å². The molecule has 0 N–H and O–H groups in total. The van der Waals surface area contributed by atoms with Crippen LogP contribution in [0, 0.1) is 0 Å². The summed E-state index contributed by atoms with van der Waals surface area (Å²) in [5.41, 5.74) is 0.616. The molecule has 0 spiro atoms. The van der Waals surface area contributed by atoms with Crippen LogP contribution in [0.4, 0.5) is 0 Å². The molecule has 5 heteroatoms. The van der Waals surface area contributed by atoms with Gasteiger partial charge in [-0.1, -0.05) is 0 Å². The van der Waals surface area contributed by atoms with E-state index in [1.165, 1.54) is 0 Å². The van der Waals surface area contributed by atoms with Gasteiger partial charge >= 0.3 is 0 Å². The van der Waals surface area contributed by atoms with Gasteiger partial charge in [0, 0.05) is 30.5 Å². The Morgan fingerprint density at radius 2 is 1.81 bits per heavy atom. The van der Waals surface area contributed by atoms with Crippen molar-refractivity contribution in [3.05, 3.63) is 23.8 Å². The highest BCUT2D eigenvalue weighted by molar-refractivity contribution is 5.97. The van der Waals surface area contributed by atoms with Gasteiger partial charge in [0.2, 0.25) is 6.79 Å². The zero-order chi connectivity index (χ0) is 14.4. The zero-order valence-corrected chi connectivity index (χ0v) is 11.7. The predicted molar refractivity (Wildman–Crippen MR) is 74.4 cm³/mol. The number of amides is 1. The Morgan fingerprint density at radius 3 is 2.57 bits per heavy atom. The molecule has 3 aliphatic rings. The van der Waals surface area contributed by atoms with E-state index < -0.39 is 0 Å². The molecule has 2 fully saturated rings. The first-order chi connectivity index (χ1) is 10.2. The molecule has 2 bridgehead atoms. The predicted octanol–water partition coefficient (Wildman–Crippen LogP) is 2.14. The van der Waals surface area contributed by atoms with Crippen LogP contribution < -0.4 is 9.47 Å². The second kappa shape index (κ2) is 4.76. The SMILES string of the molecule is O=C1CC2CCCC(C1)N2C(=O)c1ccc2c(c1)OCO2. The second-order valence-corrected chi connectivity index (χ2v) is 5.97. The highest BCUT2D eigenvalue weighted by Gasteiger charge is 2.40. The van der Waals surface area contributed by atoms with Crippen molar-refractivity contribution >= 4 is 11.7 Å². The Kier molecular flexibility index (Phi) is 2.87. The number of ketones is 1. The van der Waals surface area contributed by atoms with E-state index in [2.05, 4.69) is 0 Å². The van der Waals surface area contributed by atoms with Crippen molar-refractivity contribution in [2.45, 2.75) is 44.2 Å². The van der Waals surface area contributed by atoms with Crippen molar-refractivity contribution in [1.29, 1.82) is 0 Å². The van der Waals surface area contributed by atoms with Crippen molar-refractivity contribution in [2.24, 2.45) is 0 Å². The molecule has 3 heterocycles. The molecule has 0 saturated carbocycles. The van der Waals surface area contributed by atoms with Crippen LogP contribution >= 0.6 is 0 Å². The molecular formula is C16H17NO4. The number of nitrogens with zero attached hydrogens (tertiary/aromatic N) is 1. The van der Waals surface area contributed by atoms with Crippen LogP contribution in [0.2, 0.25) is 0 Å². The van der Waals surface area contributed by atoms with Gasteiger partial charge in [0.15, 0.2) is 11.5 Å². The minimum Gasteiger partial charge on any atom is -0.454 e. The van der Waals surface area contributed by atoms with Gasteiger partial charge in [0.25, 0.3) is 5.91 Å². The lowest BCUT2D eigenvalue weighted by Gasteiger charge is -2.45. The van der Waals surface area contributed by atoms with E-state index in [1.807, 2.05) is 4.90 Å². The fraction of sp³-hybridized carbons (Fsp3) is 0.500. The number of carbonyl (C=O) groups is 2. The summed E-state index contributed by atoms with van der Waals surface area (Å²) in [6, 6.07) is 5.45. The number of hydrogen-bond donors (Lipinski definition) is 0. The largest absolute Gasteiger partial charge is 0.454 e. The summed E-state index contributed by atoms with van der Waals surface area (Å²) in [5, 5.41) is 0. The van der Waals surface area contributed by atoms with E-state index in [-0.39, 0.29) is 24.8 Å². The van der Waals surface area contributed by atoms with E-state index in [9.17, 15) is 9.59 Å². The summed E-state index contributed by atoms with van der Waals surface area (Å²) in [4.78, 5) is 26.5. The van der Waals surface area contributed by atoms with Gasteiger partial charge in [-0.25, -0.2) is 0 Å². The molecule has 4 rings (SSSR count). The van der Waals surface area contributed by atoms with Crippen LogP contribution in [0.15, 0.2) is 18.2 Å². The number of piperidine rings is 2. The number of rotatable bonds is 1. The Hall–Kier alpha value is -2.04. The standard InChI is InChI=1S/C16H17NO4/c18-13-7-11-2-1-3-12(8-13)17(11)16(19)10-4-5-14-15(6-10)21-9-20-14/h4-6,11-12H,1-3,7-9H2. The fourth-order valence-electron chi connectivity index (χ4n) is 3.69. The third-order valence-electron chi connectivity index (χ3n) is 4.64. The van der Waals surface area contributed by atoms with E-state index in [0.29, 0.717) is 35.7 Å². The number of carbonyl (C=O) groups excluding carboxylic acids is 2. The fourth-order valence-corrected chi connectivity index (χ4v) is 3.69. The smallest absolute Gasteiger partial charge is 0.254 e. The minimum atomic E-state index is 0.00972. The molecule has 0 aliphatic carbocycles. The highest BCUT2D eigenvalue weighted by atomic mass is 16.7. The summed E-state index contributed by atoms with van der Waals surface area (Å²) in [6.45, 7) is 0.205. The Morgan fingerprint density at radius 1 is 1.10 bits per heavy atom. The molecule has 5 nitrogen and oxygen atoms in total. The van der Waals surface area contributed by atoms with Crippen molar-refractivity contribution in [2.75, 3.05) is 6.79 Å². The number of hydrogen-bond acceptors (Lipinski definition) is 4. The minimum absolute atomic E-state index is 0.00972. The monoisotopic (exact) mass is 287 g/mol. The zero-order valence-electron chi connectivity index (χ0n) is 11.7. The summed E-state index contributed by atoms with van der Waals surface area (Å²) in [7, 11) is 0. The van der Waals surface area contributed by atoms with Gasteiger partial charge in [-0.05, 0) is 37.5 Å². The molecule has 3 aliphatic heterocycles. The van der Waals surface area contributed by atoms with Crippen LogP contribution in [0.1, 0.15) is 42.5 Å². The molecular weight excluding hydrogens is 270 g/mol. The molecule has 21 heavy (non-hydrogen) atoms. The molecule has 2 saturated heterocycles. The summed E-state index contributed by atoms with van der Waals surface area (Å²) in [6.07, 6.45) is 3.98. The number of benzene rings is 1. The van der Waals surface area contributed by atoms with Crippen molar-refractivity contribution in [1.82, 2.24) is 4.90 Å².